The lowest BCUT2D eigenvalue weighted by Gasteiger charge is -2.02. The maximum absolute atomic E-state index is 12.4. The molecule has 0 radical (unpaired) electrons. The highest BCUT2D eigenvalue weighted by molar-refractivity contribution is 6.01. The van der Waals surface area contributed by atoms with Crippen molar-refractivity contribution in [2.24, 2.45) is 0 Å². The predicted octanol–water partition coefficient (Wildman–Crippen LogP) is 1.24. The van der Waals surface area contributed by atoms with E-state index >= 15 is 0 Å². The summed E-state index contributed by atoms with van der Waals surface area (Å²) >= 11 is 0. The summed E-state index contributed by atoms with van der Waals surface area (Å²) in [5.74, 6) is -2.25. The predicted molar refractivity (Wildman–Crippen MR) is 47.3 cm³/mol. The van der Waals surface area contributed by atoms with Crippen LogP contribution in [0.25, 0.3) is 0 Å². The minimum atomic E-state index is -1.20. The molecule has 0 aliphatic carbocycles. The van der Waals surface area contributed by atoms with Gasteiger partial charge in [-0.2, -0.15) is 0 Å². The van der Waals surface area contributed by atoms with Crippen LogP contribution in [0, 0.1) is 5.82 Å². The summed E-state index contributed by atoms with van der Waals surface area (Å²) in [7, 11) is 0. The minimum absolute atomic E-state index is 0.373. The van der Waals surface area contributed by atoms with Crippen molar-refractivity contribution in [2.75, 3.05) is 5.32 Å². The number of carbonyl (C=O) groups is 2. The molecule has 0 aromatic heterocycles. The molecule has 0 atom stereocenters. The summed E-state index contributed by atoms with van der Waals surface area (Å²) in [5, 5.41) is 10.6. The first-order valence-electron chi connectivity index (χ1n) is 3.85. The Labute approximate surface area is 79.4 Å². The molecule has 1 amide bonds. The van der Waals surface area contributed by atoms with Crippen molar-refractivity contribution in [3.8, 4) is 0 Å². The maximum atomic E-state index is 12.4. The monoisotopic (exact) mass is 197 g/mol. The molecular weight excluding hydrogens is 189 g/mol. The fourth-order valence-corrected chi connectivity index (χ4v) is 0.876. The standard InChI is InChI=1S/C9H8FNO3/c10-6-1-3-7(4-2-6)11-8(12)5-9(13)14/h1-4H,5H2,(H,11,12)(H,13,14). The lowest BCUT2D eigenvalue weighted by molar-refractivity contribution is -0.139. The van der Waals surface area contributed by atoms with Crippen molar-refractivity contribution in [3.63, 3.8) is 0 Å². The van der Waals surface area contributed by atoms with Crippen LogP contribution in [0.1, 0.15) is 6.42 Å². The van der Waals surface area contributed by atoms with Crippen LogP contribution in [0.5, 0.6) is 0 Å². The molecule has 5 heteroatoms. The normalized spacial score (nSPS) is 9.50. The van der Waals surface area contributed by atoms with Crippen LogP contribution in [0.2, 0.25) is 0 Å². The van der Waals surface area contributed by atoms with E-state index in [9.17, 15) is 14.0 Å². The van der Waals surface area contributed by atoms with Crippen molar-refractivity contribution in [1.29, 1.82) is 0 Å². The van der Waals surface area contributed by atoms with Gasteiger partial charge in [0, 0.05) is 5.69 Å². The van der Waals surface area contributed by atoms with Gasteiger partial charge in [0.2, 0.25) is 5.91 Å². The molecule has 0 unspecified atom stereocenters. The largest absolute Gasteiger partial charge is 0.481 e. The Kier molecular flexibility index (Phi) is 3.17. The number of halogens is 1. The van der Waals surface area contributed by atoms with Gasteiger partial charge in [-0.3, -0.25) is 9.59 Å². The number of anilines is 1. The topological polar surface area (TPSA) is 66.4 Å². The summed E-state index contributed by atoms with van der Waals surface area (Å²) < 4.78 is 12.4. The number of carbonyl (C=O) groups excluding carboxylic acids is 1. The van der Waals surface area contributed by atoms with E-state index < -0.39 is 24.1 Å². The van der Waals surface area contributed by atoms with Crippen molar-refractivity contribution in [1.82, 2.24) is 0 Å². The molecule has 1 rings (SSSR count). The first-order valence-corrected chi connectivity index (χ1v) is 3.85. The van der Waals surface area contributed by atoms with Gasteiger partial charge in [-0.05, 0) is 24.3 Å². The molecular formula is C9H8FNO3. The van der Waals surface area contributed by atoms with Crippen LogP contribution in [-0.2, 0) is 9.59 Å². The van der Waals surface area contributed by atoms with Gasteiger partial charge in [-0.15, -0.1) is 0 Å². The molecule has 1 aromatic rings. The molecule has 0 bridgehead atoms. The Morgan fingerprint density at radius 2 is 1.86 bits per heavy atom. The first kappa shape index (κ1) is 10.2. The van der Waals surface area contributed by atoms with Crippen LogP contribution in [0.15, 0.2) is 24.3 Å². The third kappa shape index (κ3) is 3.22. The van der Waals surface area contributed by atoms with Crippen molar-refractivity contribution < 1.29 is 19.1 Å². The highest BCUT2D eigenvalue weighted by Crippen LogP contribution is 2.08. The molecule has 74 valence electrons. The zero-order valence-electron chi connectivity index (χ0n) is 7.16. The van der Waals surface area contributed by atoms with Crippen LogP contribution in [0.3, 0.4) is 0 Å². The molecule has 0 saturated heterocycles. The van der Waals surface area contributed by atoms with E-state index in [1.54, 1.807) is 0 Å². The number of amides is 1. The second-order valence-electron chi connectivity index (χ2n) is 2.63. The van der Waals surface area contributed by atoms with E-state index in [0.29, 0.717) is 5.69 Å². The zero-order chi connectivity index (χ0) is 10.6. The number of hydrogen-bond acceptors (Lipinski definition) is 2. The Bertz CT molecular complexity index is 348. The highest BCUT2D eigenvalue weighted by atomic mass is 19.1. The van der Waals surface area contributed by atoms with Gasteiger partial charge in [0.25, 0.3) is 0 Å². The molecule has 0 heterocycles. The Morgan fingerprint density at radius 3 is 2.36 bits per heavy atom. The maximum Gasteiger partial charge on any atom is 0.312 e. The quantitative estimate of drug-likeness (QED) is 0.716. The third-order valence-corrected chi connectivity index (χ3v) is 1.44. The Hall–Kier alpha value is -1.91. The fraction of sp³-hybridized carbons (Fsp3) is 0.111. The lowest BCUT2D eigenvalue weighted by Crippen LogP contribution is -2.15. The Balaban J connectivity index is 2.56. The summed E-state index contributed by atoms with van der Waals surface area (Å²) in [6, 6.07) is 5.07. The van der Waals surface area contributed by atoms with Gasteiger partial charge in [0.05, 0.1) is 0 Å². The average Bonchev–Trinajstić information content (AvgIpc) is 2.07. The SMILES string of the molecule is O=C(O)CC(=O)Nc1ccc(F)cc1. The van der Waals surface area contributed by atoms with Gasteiger partial charge in [-0.1, -0.05) is 0 Å². The van der Waals surface area contributed by atoms with Crippen molar-refractivity contribution in [3.05, 3.63) is 30.1 Å². The van der Waals surface area contributed by atoms with E-state index in [1.165, 1.54) is 24.3 Å². The van der Waals surface area contributed by atoms with E-state index in [0.717, 1.165) is 0 Å². The highest BCUT2D eigenvalue weighted by Gasteiger charge is 2.07. The van der Waals surface area contributed by atoms with E-state index in [4.69, 9.17) is 5.11 Å². The van der Waals surface area contributed by atoms with Crippen LogP contribution >= 0.6 is 0 Å². The lowest BCUT2D eigenvalue weighted by atomic mass is 10.3. The molecule has 0 aliphatic rings. The number of aliphatic carboxylic acids is 1. The molecule has 1 aromatic carbocycles. The Morgan fingerprint density at radius 1 is 1.29 bits per heavy atom. The summed E-state index contributed by atoms with van der Waals surface area (Å²) in [6.45, 7) is 0. The number of rotatable bonds is 3. The van der Waals surface area contributed by atoms with Crippen molar-refractivity contribution in [2.45, 2.75) is 6.42 Å². The number of nitrogens with one attached hydrogen (secondary N) is 1. The molecule has 0 fully saturated rings. The summed E-state index contributed by atoms with van der Waals surface area (Å²) in [6.07, 6.45) is -0.600. The first-order chi connectivity index (χ1) is 6.58. The fourth-order valence-electron chi connectivity index (χ4n) is 0.876. The zero-order valence-corrected chi connectivity index (χ0v) is 7.16. The second-order valence-corrected chi connectivity index (χ2v) is 2.63. The molecule has 0 aliphatic heterocycles. The third-order valence-electron chi connectivity index (χ3n) is 1.44. The molecule has 14 heavy (non-hydrogen) atoms. The second kappa shape index (κ2) is 4.36. The number of hydrogen-bond donors (Lipinski definition) is 2. The van der Waals surface area contributed by atoms with Gasteiger partial charge >= 0.3 is 5.97 Å². The van der Waals surface area contributed by atoms with Crippen LogP contribution in [-0.4, -0.2) is 17.0 Å². The van der Waals surface area contributed by atoms with Gasteiger partial charge in [0.15, 0.2) is 0 Å². The van der Waals surface area contributed by atoms with E-state index in [2.05, 4.69) is 5.32 Å². The molecule has 4 nitrogen and oxygen atoms in total. The minimum Gasteiger partial charge on any atom is -0.481 e. The smallest absolute Gasteiger partial charge is 0.312 e. The van der Waals surface area contributed by atoms with Gasteiger partial charge in [0.1, 0.15) is 12.2 Å². The molecule has 2 N–H and O–H groups in total. The number of carboxylic acid groups (broad SMARTS) is 1. The van der Waals surface area contributed by atoms with E-state index in [1.807, 2.05) is 0 Å². The molecule has 0 spiro atoms. The van der Waals surface area contributed by atoms with Gasteiger partial charge < -0.3 is 10.4 Å². The number of carboxylic acids is 1. The van der Waals surface area contributed by atoms with Gasteiger partial charge in [-0.25, -0.2) is 4.39 Å². The average molecular weight is 197 g/mol. The van der Waals surface area contributed by atoms with Crippen molar-refractivity contribution >= 4 is 17.6 Å². The molecule has 0 saturated carbocycles. The summed E-state index contributed by atoms with van der Waals surface area (Å²) in [5.41, 5.74) is 0.373. The summed E-state index contributed by atoms with van der Waals surface area (Å²) in [4.78, 5) is 21.1. The van der Waals surface area contributed by atoms with Crippen LogP contribution in [0.4, 0.5) is 10.1 Å². The van der Waals surface area contributed by atoms with E-state index in [-0.39, 0.29) is 0 Å². The van der Waals surface area contributed by atoms with Crippen LogP contribution < -0.4 is 5.32 Å². The number of benzene rings is 1.